The monoisotopic (exact) mass is 514 g/mol. The first-order chi connectivity index (χ1) is 17.8. The molecule has 0 spiro atoms. The standard InChI is InChI=1S/C27H38N4O6/c1-4-28-27(35)24-23(25(37-30-24)20-13-19(16(2)3)21(32)14-22(20)33)29-26(34)18-7-5-17(6-8-18)15-31-9-11-36-12-10-31/h13-14,16-18,32-33H,4-12,15H2,1-3H3,(H,28,35)(H,29,34). The van der Waals surface area contributed by atoms with Crippen LogP contribution in [-0.4, -0.2) is 71.5 Å². The number of morpholine rings is 1. The lowest BCUT2D eigenvalue weighted by Gasteiger charge is -2.34. The number of nitrogens with zero attached hydrogens (tertiary/aromatic N) is 2. The maximum Gasteiger partial charge on any atom is 0.275 e. The van der Waals surface area contributed by atoms with Gasteiger partial charge in [-0.3, -0.25) is 14.5 Å². The van der Waals surface area contributed by atoms with E-state index in [-0.39, 0.29) is 51.9 Å². The van der Waals surface area contributed by atoms with Crippen molar-refractivity contribution in [3.05, 3.63) is 23.4 Å². The maximum atomic E-state index is 13.4. The molecule has 1 saturated carbocycles. The molecule has 2 aliphatic rings. The number of hydrogen-bond donors (Lipinski definition) is 4. The Morgan fingerprint density at radius 1 is 1.11 bits per heavy atom. The van der Waals surface area contributed by atoms with Gasteiger partial charge in [-0.2, -0.15) is 0 Å². The number of phenolic OH excluding ortho intramolecular Hbond substituents is 2. The number of carbonyl (C=O) groups is 2. The fourth-order valence-corrected chi connectivity index (χ4v) is 5.21. The van der Waals surface area contributed by atoms with Crippen molar-refractivity contribution in [3.8, 4) is 22.8 Å². The summed E-state index contributed by atoms with van der Waals surface area (Å²) in [4.78, 5) is 28.5. The first-order valence-electron chi connectivity index (χ1n) is 13.2. The van der Waals surface area contributed by atoms with E-state index in [2.05, 4.69) is 20.7 Å². The number of ether oxygens (including phenoxy) is 1. The van der Waals surface area contributed by atoms with Crippen molar-refractivity contribution in [1.82, 2.24) is 15.4 Å². The van der Waals surface area contributed by atoms with E-state index in [0.717, 1.165) is 58.5 Å². The van der Waals surface area contributed by atoms with E-state index in [0.29, 0.717) is 18.0 Å². The van der Waals surface area contributed by atoms with Gasteiger partial charge < -0.3 is 30.1 Å². The lowest BCUT2D eigenvalue weighted by atomic mass is 9.81. The molecular weight excluding hydrogens is 476 g/mol. The Morgan fingerprint density at radius 2 is 1.81 bits per heavy atom. The molecule has 0 atom stereocenters. The van der Waals surface area contributed by atoms with Crippen molar-refractivity contribution < 1.29 is 29.1 Å². The highest BCUT2D eigenvalue weighted by Crippen LogP contribution is 2.42. The minimum Gasteiger partial charge on any atom is -0.508 e. The number of amides is 2. The minimum absolute atomic E-state index is 0.0316. The van der Waals surface area contributed by atoms with E-state index in [4.69, 9.17) is 9.26 Å². The van der Waals surface area contributed by atoms with Crippen LogP contribution < -0.4 is 10.6 Å². The van der Waals surface area contributed by atoms with Crippen molar-refractivity contribution in [2.24, 2.45) is 11.8 Å². The summed E-state index contributed by atoms with van der Waals surface area (Å²) in [5, 5.41) is 30.4. The van der Waals surface area contributed by atoms with Crippen molar-refractivity contribution >= 4 is 17.5 Å². The number of anilines is 1. The molecule has 1 aliphatic carbocycles. The van der Waals surface area contributed by atoms with Crippen LogP contribution in [0.2, 0.25) is 0 Å². The van der Waals surface area contributed by atoms with Crippen LogP contribution in [0.4, 0.5) is 5.69 Å². The molecule has 37 heavy (non-hydrogen) atoms. The molecule has 10 heteroatoms. The zero-order valence-corrected chi connectivity index (χ0v) is 21.9. The van der Waals surface area contributed by atoms with E-state index in [1.807, 2.05) is 13.8 Å². The Morgan fingerprint density at radius 3 is 2.46 bits per heavy atom. The Bertz CT molecular complexity index is 1100. The van der Waals surface area contributed by atoms with E-state index < -0.39 is 5.91 Å². The maximum absolute atomic E-state index is 13.4. The zero-order valence-electron chi connectivity index (χ0n) is 21.9. The summed E-state index contributed by atoms with van der Waals surface area (Å²) in [7, 11) is 0. The highest BCUT2D eigenvalue weighted by molar-refractivity contribution is 6.06. The third-order valence-corrected chi connectivity index (χ3v) is 7.34. The van der Waals surface area contributed by atoms with Crippen molar-refractivity contribution in [1.29, 1.82) is 0 Å². The highest BCUT2D eigenvalue weighted by Gasteiger charge is 2.32. The smallest absolute Gasteiger partial charge is 0.275 e. The normalized spacial score (nSPS) is 20.6. The van der Waals surface area contributed by atoms with Crippen molar-refractivity contribution in [2.75, 3.05) is 44.7 Å². The molecule has 2 heterocycles. The first-order valence-corrected chi connectivity index (χ1v) is 13.2. The molecule has 2 aromatic rings. The molecule has 0 unspecified atom stereocenters. The number of carbonyl (C=O) groups excluding carboxylic acids is 2. The Hall–Kier alpha value is -3.11. The number of rotatable bonds is 8. The fraction of sp³-hybridized carbons (Fsp3) is 0.593. The van der Waals surface area contributed by atoms with Crippen LogP contribution in [0.1, 0.15) is 68.4 Å². The molecule has 1 saturated heterocycles. The third-order valence-electron chi connectivity index (χ3n) is 7.34. The van der Waals surface area contributed by atoms with Gasteiger partial charge >= 0.3 is 0 Å². The van der Waals surface area contributed by atoms with Crippen LogP contribution in [0, 0.1) is 11.8 Å². The van der Waals surface area contributed by atoms with Crippen molar-refractivity contribution in [2.45, 2.75) is 52.4 Å². The van der Waals surface area contributed by atoms with E-state index in [1.165, 1.54) is 6.07 Å². The van der Waals surface area contributed by atoms with Gasteiger partial charge in [-0.25, -0.2) is 0 Å². The first kappa shape index (κ1) is 26.9. The molecule has 4 N–H and O–H groups in total. The van der Waals surface area contributed by atoms with Crippen LogP contribution in [0.3, 0.4) is 0 Å². The SMILES string of the molecule is CCNC(=O)c1noc(-c2cc(C(C)C)c(O)cc2O)c1NC(=O)C1CCC(CN2CCOCC2)CC1. The van der Waals surface area contributed by atoms with Crippen LogP contribution in [0.15, 0.2) is 16.7 Å². The topological polar surface area (TPSA) is 137 Å². The second kappa shape index (κ2) is 12.0. The molecule has 0 radical (unpaired) electrons. The summed E-state index contributed by atoms with van der Waals surface area (Å²) < 4.78 is 10.9. The number of nitrogens with one attached hydrogen (secondary N) is 2. The summed E-state index contributed by atoms with van der Waals surface area (Å²) in [6.07, 6.45) is 3.46. The molecule has 4 rings (SSSR count). The molecule has 202 valence electrons. The Labute approximate surface area is 217 Å². The predicted molar refractivity (Wildman–Crippen MR) is 139 cm³/mol. The summed E-state index contributed by atoms with van der Waals surface area (Å²) in [6, 6.07) is 2.84. The number of aromatic nitrogens is 1. The number of hydrogen-bond acceptors (Lipinski definition) is 8. The average Bonchev–Trinajstić information content (AvgIpc) is 3.28. The van der Waals surface area contributed by atoms with Crippen LogP contribution in [-0.2, 0) is 9.53 Å². The summed E-state index contributed by atoms with van der Waals surface area (Å²) in [5.41, 5.74) is 0.917. The largest absolute Gasteiger partial charge is 0.508 e. The molecule has 1 aromatic heterocycles. The third kappa shape index (κ3) is 6.24. The molecular formula is C27H38N4O6. The van der Waals surface area contributed by atoms with Crippen molar-refractivity contribution in [3.63, 3.8) is 0 Å². The quantitative estimate of drug-likeness (QED) is 0.419. The summed E-state index contributed by atoms with van der Waals surface area (Å²) in [5.74, 6) is -0.538. The lowest BCUT2D eigenvalue weighted by Crippen LogP contribution is -2.40. The second-order valence-electron chi connectivity index (χ2n) is 10.3. The Kier molecular flexibility index (Phi) is 8.71. The van der Waals surface area contributed by atoms with E-state index in [1.54, 1.807) is 13.0 Å². The zero-order chi connectivity index (χ0) is 26.5. The number of benzene rings is 1. The predicted octanol–water partition coefficient (Wildman–Crippen LogP) is 3.70. The van der Waals surface area contributed by atoms with Gasteiger partial charge in [0.2, 0.25) is 5.91 Å². The molecule has 10 nitrogen and oxygen atoms in total. The van der Waals surface area contributed by atoms with Gasteiger partial charge in [-0.15, -0.1) is 0 Å². The van der Waals surface area contributed by atoms with Gasteiger partial charge in [0.25, 0.3) is 5.91 Å². The number of aromatic hydroxyl groups is 2. The molecule has 1 aromatic carbocycles. The second-order valence-corrected chi connectivity index (χ2v) is 10.3. The van der Waals surface area contributed by atoms with E-state index >= 15 is 0 Å². The van der Waals surface area contributed by atoms with Gasteiger partial charge in [0, 0.05) is 38.2 Å². The fourth-order valence-electron chi connectivity index (χ4n) is 5.21. The van der Waals surface area contributed by atoms with Gasteiger partial charge in [0.05, 0.1) is 18.8 Å². The van der Waals surface area contributed by atoms with Gasteiger partial charge in [-0.05, 0) is 56.1 Å². The average molecular weight is 515 g/mol. The lowest BCUT2D eigenvalue weighted by molar-refractivity contribution is -0.121. The van der Waals surface area contributed by atoms with Crippen LogP contribution in [0.5, 0.6) is 11.5 Å². The molecule has 2 fully saturated rings. The minimum atomic E-state index is -0.482. The van der Waals surface area contributed by atoms with Gasteiger partial charge in [0.15, 0.2) is 11.5 Å². The molecule has 2 amide bonds. The summed E-state index contributed by atoms with van der Waals surface area (Å²) >= 11 is 0. The Balaban J connectivity index is 1.53. The van der Waals surface area contributed by atoms with Gasteiger partial charge in [0.1, 0.15) is 17.2 Å². The van der Waals surface area contributed by atoms with E-state index in [9.17, 15) is 19.8 Å². The number of phenols is 2. The summed E-state index contributed by atoms with van der Waals surface area (Å²) in [6.45, 7) is 10.5. The molecule has 1 aliphatic heterocycles. The van der Waals surface area contributed by atoms with Gasteiger partial charge in [-0.1, -0.05) is 19.0 Å². The van der Waals surface area contributed by atoms with Crippen LogP contribution in [0.25, 0.3) is 11.3 Å². The highest BCUT2D eigenvalue weighted by atomic mass is 16.5. The molecule has 0 bridgehead atoms. The van der Waals surface area contributed by atoms with Crippen LogP contribution >= 0.6 is 0 Å².